The second-order valence-corrected chi connectivity index (χ2v) is 7.01. The van der Waals surface area contributed by atoms with Crippen LogP contribution < -0.4 is 13.4 Å². The van der Waals surface area contributed by atoms with E-state index >= 15 is 0 Å². The van der Waals surface area contributed by atoms with Crippen molar-refractivity contribution in [1.29, 1.82) is 0 Å². The Morgan fingerprint density at radius 1 is 0.667 bits per heavy atom. The van der Waals surface area contributed by atoms with Crippen molar-refractivity contribution in [2.24, 2.45) is 0 Å². The van der Waals surface area contributed by atoms with Crippen LogP contribution in [0.15, 0.2) is 0 Å². The summed E-state index contributed by atoms with van der Waals surface area (Å²) in [6.07, 6.45) is 0. The molecule has 6 heteroatoms. The Labute approximate surface area is 126 Å². The first-order valence-corrected chi connectivity index (χ1v) is 8.49. The predicted molar refractivity (Wildman–Crippen MR) is 86.0 cm³/mol. The molecule has 1 aromatic rings. The summed E-state index contributed by atoms with van der Waals surface area (Å²) < 4.78 is 3.15. The summed E-state index contributed by atoms with van der Waals surface area (Å²) >= 11 is 0. The lowest BCUT2D eigenvalue weighted by atomic mass is 10.3. The molecule has 6 nitrogen and oxygen atoms in total. The average molecular weight is 291 g/mol. The van der Waals surface area contributed by atoms with Crippen LogP contribution in [0.5, 0.6) is 0 Å². The van der Waals surface area contributed by atoms with Gasteiger partial charge in [0.2, 0.25) is 0 Å². The fourth-order valence-electron chi connectivity index (χ4n) is 3.78. The van der Waals surface area contributed by atoms with E-state index in [0.717, 1.165) is 33.1 Å². The summed E-state index contributed by atoms with van der Waals surface area (Å²) in [5.41, 5.74) is 1.44. The van der Waals surface area contributed by atoms with E-state index in [4.69, 9.17) is 0 Å². The van der Waals surface area contributed by atoms with Crippen molar-refractivity contribution in [2.45, 2.75) is 20.8 Å². The lowest BCUT2D eigenvalue weighted by Crippen LogP contribution is -2.38. The van der Waals surface area contributed by atoms with Gasteiger partial charge in [-0.3, -0.25) is 13.4 Å². The smallest absolute Gasteiger partial charge is 0.268 e. The first-order valence-electron chi connectivity index (χ1n) is 8.49. The maximum absolute atomic E-state index is 4.56. The summed E-state index contributed by atoms with van der Waals surface area (Å²) in [6.45, 7) is 17.6. The first kappa shape index (κ1) is 13.5. The van der Waals surface area contributed by atoms with Gasteiger partial charge < -0.3 is 0 Å². The van der Waals surface area contributed by atoms with Gasteiger partial charge in [-0.15, -0.1) is 0 Å². The molecule has 3 fully saturated rings. The Balaban J connectivity index is 1.91. The number of nitrogens with zero attached hydrogens (tertiary/aromatic N) is 6. The SMILES string of the molecule is CC[N+]1(c2nnnc([N+]3(CC)CC3)c2[N+]2(CC)CC2)CC1. The van der Waals surface area contributed by atoms with Crippen LogP contribution in [-0.4, -0.2) is 74.3 Å². The van der Waals surface area contributed by atoms with Crippen LogP contribution in [0.4, 0.5) is 17.3 Å². The van der Waals surface area contributed by atoms with Gasteiger partial charge in [0.25, 0.3) is 0 Å². The van der Waals surface area contributed by atoms with Gasteiger partial charge in [0.05, 0.1) is 19.6 Å². The van der Waals surface area contributed by atoms with Crippen molar-refractivity contribution in [3.05, 3.63) is 0 Å². The molecule has 1 aromatic heterocycles. The van der Waals surface area contributed by atoms with Gasteiger partial charge in [-0.05, 0) is 26.0 Å². The first-order chi connectivity index (χ1) is 10.2. The molecule has 114 valence electrons. The van der Waals surface area contributed by atoms with Gasteiger partial charge in [-0.25, -0.2) is 0 Å². The van der Waals surface area contributed by atoms with Crippen molar-refractivity contribution < 1.29 is 0 Å². The van der Waals surface area contributed by atoms with Crippen molar-refractivity contribution in [3.63, 3.8) is 0 Å². The Hall–Kier alpha value is -1.11. The number of hydrogen-bond donors (Lipinski definition) is 0. The zero-order valence-corrected chi connectivity index (χ0v) is 13.5. The molecular weight excluding hydrogens is 264 g/mol. The largest absolute Gasteiger partial charge is 0.319 e. The zero-order valence-electron chi connectivity index (χ0n) is 13.5. The van der Waals surface area contributed by atoms with Crippen LogP contribution in [0.1, 0.15) is 20.8 Å². The molecule has 3 aliphatic rings. The fraction of sp³-hybridized carbons (Fsp3) is 0.800. The lowest BCUT2D eigenvalue weighted by Gasteiger charge is -2.24. The van der Waals surface area contributed by atoms with E-state index in [9.17, 15) is 0 Å². The van der Waals surface area contributed by atoms with Crippen molar-refractivity contribution in [3.8, 4) is 0 Å². The minimum absolute atomic E-state index is 1.03. The van der Waals surface area contributed by atoms with Gasteiger partial charge in [-0.2, -0.15) is 0 Å². The molecule has 0 spiro atoms. The number of likely N-dealkylation sites (N-methyl/N-ethyl adjacent to an activating group) is 3. The van der Waals surface area contributed by atoms with Gasteiger partial charge >= 0.3 is 17.3 Å². The quantitative estimate of drug-likeness (QED) is 0.577. The monoisotopic (exact) mass is 291 g/mol. The fourth-order valence-corrected chi connectivity index (χ4v) is 3.78. The molecule has 0 unspecified atom stereocenters. The molecule has 0 amide bonds. The summed E-state index contributed by atoms with van der Waals surface area (Å²) in [5.74, 6) is 2.47. The highest BCUT2D eigenvalue weighted by Gasteiger charge is 2.61. The minimum Gasteiger partial charge on any atom is -0.268 e. The van der Waals surface area contributed by atoms with E-state index in [1.54, 1.807) is 0 Å². The molecule has 0 bridgehead atoms. The average Bonchev–Trinajstić information content (AvgIpc) is 3.41. The van der Waals surface area contributed by atoms with E-state index in [1.165, 1.54) is 56.6 Å². The van der Waals surface area contributed by atoms with Crippen LogP contribution in [0.3, 0.4) is 0 Å². The molecule has 3 aliphatic heterocycles. The Morgan fingerprint density at radius 3 is 1.33 bits per heavy atom. The van der Waals surface area contributed by atoms with Gasteiger partial charge in [0, 0.05) is 0 Å². The van der Waals surface area contributed by atoms with Crippen LogP contribution in [0, 0.1) is 0 Å². The molecule has 4 heterocycles. The summed E-state index contributed by atoms with van der Waals surface area (Å²) in [5, 5.41) is 13.3. The van der Waals surface area contributed by atoms with Gasteiger partial charge in [0.15, 0.2) is 0 Å². The predicted octanol–water partition coefficient (Wildman–Crippen LogP) is 0.894. The van der Waals surface area contributed by atoms with E-state index in [2.05, 4.69) is 36.2 Å². The van der Waals surface area contributed by atoms with Gasteiger partial charge in [0.1, 0.15) is 39.3 Å². The zero-order chi connectivity index (χ0) is 14.7. The standard InChI is InChI=1S/C15H27N6/c1-4-19(7-8-19)13-14(20(5-2)9-10-20)16-18-17-15(13)21(6-3)11-12-21/h4-12H2,1-3H3/q+3. The normalized spacial score (nSPS) is 26.4. The van der Waals surface area contributed by atoms with Crippen molar-refractivity contribution in [2.75, 3.05) is 58.9 Å². The van der Waals surface area contributed by atoms with Crippen molar-refractivity contribution in [1.82, 2.24) is 28.9 Å². The maximum atomic E-state index is 4.56. The summed E-state index contributed by atoms with van der Waals surface area (Å²) in [4.78, 5) is 0. The van der Waals surface area contributed by atoms with Crippen LogP contribution >= 0.6 is 0 Å². The molecule has 0 radical (unpaired) electrons. The van der Waals surface area contributed by atoms with Crippen molar-refractivity contribution >= 4 is 17.3 Å². The van der Waals surface area contributed by atoms with E-state index < -0.39 is 0 Å². The Bertz CT molecular complexity index is 533. The molecule has 0 aromatic carbocycles. The van der Waals surface area contributed by atoms with E-state index in [0.29, 0.717) is 0 Å². The van der Waals surface area contributed by atoms with Crippen LogP contribution in [-0.2, 0) is 0 Å². The van der Waals surface area contributed by atoms with Gasteiger partial charge in [-0.1, -0.05) is 10.2 Å². The van der Waals surface area contributed by atoms with E-state index in [-0.39, 0.29) is 0 Å². The lowest BCUT2D eigenvalue weighted by molar-refractivity contribution is 0.475. The number of quaternary nitrogens is 3. The molecule has 0 aliphatic carbocycles. The van der Waals surface area contributed by atoms with Crippen LogP contribution in [0.25, 0.3) is 0 Å². The molecule has 4 rings (SSSR count). The molecule has 0 saturated carbocycles. The summed E-state index contributed by atoms with van der Waals surface area (Å²) in [6, 6.07) is 0. The minimum atomic E-state index is 1.03. The second kappa shape index (κ2) is 4.21. The second-order valence-electron chi connectivity index (χ2n) is 7.01. The maximum Gasteiger partial charge on any atom is 0.319 e. The third-order valence-corrected chi connectivity index (χ3v) is 6.18. The molecule has 0 N–H and O–H groups in total. The van der Waals surface area contributed by atoms with E-state index in [1.807, 2.05) is 0 Å². The van der Waals surface area contributed by atoms with Crippen LogP contribution in [0.2, 0.25) is 0 Å². The number of aromatic nitrogens is 3. The number of rotatable bonds is 6. The third kappa shape index (κ3) is 1.79. The highest BCUT2D eigenvalue weighted by molar-refractivity contribution is 5.78. The highest BCUT2D eigenvalue weighted by Crippen LogP contribution is 2.51. The number of hydrogen-bond acceptors (Lipinski definition) is 3. The molecular formula is C15H27N6+3. The molecule has 21 heavy (non-hydrogen) atoms. The Kier molecular flexibility index (Phi) is 2.72. The Morgan fingerprint density at radius 2 is 1.05 bits per heavy atom. The summed E-state index contributed by atoms with van der Waals surface area (Å²) in [7, 11) is 0. The third-order valence-electron chi connectivity index (χ3n) is 6.18. The molecule has 0 atom stereocenters. The highest BCUT2D eigenvalue weighted by atomic mass is 15.6. The topological polar surface area (TPSA) is 38.7 Å². The molecule has 3 saturated heterocycles.